The first-order chi connectivity index (χ1) is 21.3. The molecule has 2 fully saturated rings. The third-order valence-corrected chi connectivity index (χ3v) is 10.1. The number of esters is 1. The molecule has 7 nitrogen and oxygen atoms in total. The molecule has 2 aromatic carbocycles. The number of amides is 1. The molecule has 1 spiro atoms. The molecule has 2 aromatic rings. The highest BCUT2D eigenvalue weighted by Gasteiger charge is 2.75. The van der Waals surface area contributed by atoms with Crippen LogP contribution in [0.5, 0.6) is 11.5 Å². The van der Waals surface area contributed by atoms with Crippen molar-refractivity contribution in [3.8, 4) is 11.5 Å². The van der Waals surface area contributed by atoms with E-state index < -0.39 is 40.9 Å². The fourth-order valence-electron chi connectivity index (χ4n) is 8.61. The van der Waals surface area contributed by atoms with E-state index in [1.807, 2.05) is 26.0 Å². The second kappa shape index (κ2) is 11.2. The van der Waals surface area contributed by atoms with E-state index in [0.717, 1.165) is 23.3 Å². The molecule has 2 heterocycles. The molecule has 45 heavy (non-hydrogen) atoms. The van der Waals surface area contributed by atoms with Crippen LogP contribution in [-0.4, -0.2) is 70.2 Å². The molecule has 1 saturated heterocycles. The number of hydrogen-bond acceptors (Lipinski definition) is 6. The van der Waals surface area contributed by atoms with Gasteiger partial charge < -0.3 is 19.5 Å². The Kier molecular flexibility index (Phi) is 7.78. The van der Waals surface area contributed by atoms with Crippen LogP contribution in [0.15, 0.2) is 55.1 Å². The Labute approximate surface area is 261 Å². The number of phenols is 1. The second-order valence-electron chi connectivity index (χ2n) is 13.1. The number of carbonyl (C=O) groups excluding carboxylic acids is 2. The average Bonchev–Trinajstić information content (AvgIpc) is 3.33. The van der Waals surface area contributed by atoms with Gasteiger partial charge in [0.15, 0.2) is 11.5 Å². The Morgan fingerprint density at radius 1 is 1.24 bits per heavy atom. The van der Waals surface area contributed by atoms with Gasteiger partial charge in [0.1, 0.15) is 11.7 Å². The van der Waals surface area contributed by atoms with Gasteiger partial charge >= 0.3 is 12.1 Å². The number of ether oxygens (including phenoxy) is 2. The van der Waals surface area contributed by atoms with E-state index in [9.17, 15) is 27.9 Å². The van der Waals surface area contributed by atoms with Crippen molar-refractivity contribution in [2.45, 2.75) is 81.8 Å². The predicted molar refractivity (Wildman–Crippen MR) is 163 cm³/mol. The molecule has 10 heteroatoms. The number of hydrogen-bond donors (Lipinski definition) is 1. The van der Waals surface area contributed by atoms with Gasteiger partial charge in [0, 0.05) is 38.2 Å². The van der Waals surface area contributed by atoms with Crippen molar-refractivity contribution in [1.82, 2.24) is 9.80 Å². The quantitative estimate of drug-likeness (QED) is 0.224. The maximum absolute atomic E-state index is 14.0. The van der Waals surface area contributed by atoms with Crippen LogP contribution in [0, 0.1) is 5.92 Å². The number of aromatic hydroxyl groups is 1. The zero-order valence-electron chi connectivity index (χ0n) is 25.8. The number of likely N-dealkylation sites (tertiary alicyclic amines) is 1. The minimum absolute atomic E-state index is 0.00569. The minimum atomic E-state index is -4.49. The molecule has 1 amide bonds. The first kappa shape index (κ1) is 31.2. The molecule has 2 unspecified atom stereocenters. The number of carbonyl (C=O) groups is 2. The predicted octanol–water partition coefficient (Wildman–Crippen LogP) is 5.89. The van der Waals surface area contributed by atoms with Crippen LogP contribution in [0.1, 0.15) is 62.3 Å². The number of rotatable bonds is 8. The van der Waals surface area contributed by atoms with Crippen molar-refractivity contribution in [3.05, 3.63) is 77.4 Å². The van der Waals surface area contributed by atoms with E-state index in [1.54, 1.807) is 11.0 Å². The molecule has 1 saturated carbocycles. The maximum atomic E-state index is 14.0. The highest BCUT2D eigenvalue weighted by molar-refractivity contribution is 5.92. The van der Waals surface area contributed by atoms with E-state index in [-0.39, 0.29) is 29.2 Å². The zero-order chi connectivity index (χ0) is 32.3. The lowest BCUT2D eigenvalue weighted by atomic mass is 9.48. The van der Waals surface area contributed by atoms with Crippen LogP contribution >= 0.6 is 0 Å². The van der Waals surface area contributed by atoms with Crippen molar-refractivity contribution < 1.29 is 37.3 Å². The van der Waals surface area contributed by atoms with Crippen molar-refractivity contribution >= 4 is 18.0 Å². The lowest BCUT2D eigenvalue weighted by Crippen LogP contribution is -2.79. The van der Waals surface area contributed by atoms with Crippen LogP contribution in [0.4, 0.5) is 13.2 Å². The topological polar surface area (TPSA) is 79.3 Å². The normalized spacial score (nSPS) is 28.5. The van der Waals surface area contributed by atoms with Gasteiger partial charge in [-0.2, -0.15) is 13.2 Å². The molecule has 2 bridgehead atoms. The van der Waals surface area contributed by atoms with Gasteiger partial charge in [0.25, 0.3) is 0 Å². The number of alkyl halides is 3. The molecule has 6 rings (SSSR count). The minimum Gasteiger partial charge on any atom is -0.504 e. The highest BCUT2D eigenvalue weighted by atomic mass is 19.4. The highest BCUT2D eigenvalue weighted by Crippen LogP contribution is 2.67. The maximum Gasteiger partial charge on any atom is 0.416 e. The SMILES string of the molecule is C=CCN1CC[C@]23c4c5ccc(O)c4OC2C(N(CC(C)C)C(=O)/C=C/c2cccc(C(F)(F)F)c2)CC[C@@]3(OC(C)=O)[C@H]1C5. The molecule has 4 aliphatic rings. The molecule has 0 aromatic heterocycles. The summed E-state index contributed by atoms with van der Waals surface area (Å²) < 4.78 is 53.1. The summed E-state index contributed by atoms with van der Waals surface area (Å²) in [5.41, 5.74) is -0.392. The van der Waals surface area contributed by atoms with E-state index in [0.29, 0.717) is 51.1 Å². The smallest absolute Gasteiger partial charge is 0.416 e. The van der Waals surface area contributed by atoms with Crippen molar-refractivity contribution in [1.29, 1.82) is 0 Å². The molecule has 1 N–H and O–H groups in total. The van der Waals surface area contributed by atoms with Gasteiger partial charge in [-0.05, 0) is 67.0 Å². The van der Waals surface area contributed by atoms with Gasteiger partial charge in [0.05, 0.1) is 23.1 Å². The van der Waals surface area contributed by atoms with Crippen LogP contribution in [-0.2, 0) is 32.3 Å². The fourth-order valence-corrected chi connectivity index (χ4v) is 8.61. The Bertz CT molecular complexity index is 1550. The van der Waals surface area contributed by atoms with Gasteiger partial charge in [-0.15, -0.1) is 6.58 Å². The number of halogens is 3. The van der Waals surface area contributed by atoms with Crippen LogP contribution in [0.2, 0.25) is 0 Å². The van der Waals surface area contributed by atoms with Gasteiger partial charge in [-0.25, -0.2) is 0 Å². The zero-order valence-corrected chi connectivity index (χ0v) is 25.8. The third-order valence-electron chi connectivity index (χ3n) is 10.1. The number of piperidine rings is 1. The Balaban J connectivity index is 1.44. The standard InChI is InChI=1S/C35H39F3N2O5/c1-5-16-39-17-15-33-30-24-10-11-27(42)31(30)44-32(33)26(13-14-34(33,28(39)19-24)45-22(4)41)40(20-21(2)3)29(43)12-9-23-7-6-8-25(18-23)35(36,37)38/h5-12,18,21,26,28,32,42H,1,13-17,19-20H2,2-4H3/b12-9+/t26?,28-,32?,33+,34-/m1/s1. The van der Waals surface area contributed by atoms with Gasteiger partial charge in [-0.1, -0.05) is 38.1 Å². The van der Waals surface area contributed by atoms with Crippen LogP contribution < -0.4 is 4.74 Å². The fraction of sp³-hybridized carbons (Fsp3) is 0.486. The first-order valence-electron chi connectivity index (χ1n) is 15.5. The monoisotopic (exact) mass is 624 g/mol. The van der Waals surface area contributed by atoms with E-state index in [4.69, 9.17) is 9.47 Å². The van der Waals surface area contributed by atoms with Crippen molar-refractivity contribution in [3.63, 3.8) is 0 Å². The Hall–Kier alpha value is -3.79. The molecule has 2 aliphatic heterocycles. The summed E-state index contributed by atoms with van der Waals surface area (Å²) in [4.78, 5) is 30.9. The summed E-state index contributed by atoms with van der Waals surface area (Å²) in [5.74, 6) is -0.273. The third kappa shape index (κ3) is 4.92. The molecular formula is C35H39F3N2O5. The summed E-state index contributed by atoms with van der Waals surface area (Å²) in [6.07, 6.45) is 1.61. The number of nitrogens with zero attached hydrogens (tertiary/aromatic N) is 2. The second-order valence-corrected chi connectivity index (χ2v) is 13.1. The molecule has 5 atom stereocenters. The summed E-state index contributed by atoms with van der Waals surface area (Å²) in [7, 11) is 0. The average molecular weight is 625 g/mol. The van der Waals surface area contributed by atoms with Gasteiger partial charge in [0.2, 0.25) is 5.91 Å². The summed E-state index contributed by atoms with van der Waals surface area (Å²) in [6, 6.07) is 7.82. The largest absolute Gasteiger partial charge is 0.504 e. The van der Waals surface area contributed by atoms with Crippen molar-refractivity contribution in [2.24, 2.45) is 5.92 Å². The van der Waals surface area contributed by atoms with Gasteiger partial charge in [-0.3, -0.25) is 14.5 Å². The summed E-state index contributed by atoms with van der Waals surface area (Å²) >= 11 is 0. The lowest BCUT2D eigenvalue weighted by Gasteiger charge is -2.65. The molecular weight excluding hydrogens is 585 g/mol. The van der Waals surface area contributed by atoms with E-state index >= 15 is 0 Å². The Morgan fingerprint density at radius 3 is 2.71 bits per heavy atom. The molecule has 0 radical (unpaired) electrons. The van der Waals surface area contributed by atoms with Crippen molar-refractivity contribution in [2.75, 3.05) is 19.6 Å². The molecule has 240 valence electrons. The lowest BCUT2D eigenvalue weighted by molar-refractivity contribution is -0.223. The Morgan fingerprint density at radius 2 is 2.02 bits per heavy atom. The summed E-state index contributed by atoms with van der Waals surface area (Å²) in [5, 5.41) is 11.1. The number of phenolic OH excluding ortho intramolecular Hbond substituents is 1. The molecule has 2 aliphatic carbocycles. The van der Waals surface area contributed by atoms with Crippen LogP contribution in [0.25, 0.3) is 6.08 Å². The first-order valence-corrected chi connectivity index (χ1v) is 15.5. The number of benzene rings is 2. The van der Waals surface area contributed by atoms with Crippen LogP contribution in [0.3, 0.4) is 0 Å². The van der Waals surface area contributed by atoms with E-state index in [2.05, 4.69) is 11.5 Å². The summed E-state index contributed by atoms with van der Waals surface area (Å²) in [6.45, 7) is 11.1. The van der Waals surface area contributed by atoms with E-state index in [1.165, 1.54) is 31.2 Å².